The first-order valence-corrected chi connectivity index (χ1v) is 11.6. The second kappa shape index (κ2) is 10.3. The quantitative estimate of drug-likeness (QED) is 0.374. The number of halogens is 1. The molecule has 10 heteroatoms. The monoisotopic (exact) mass is 502 g/mol. The standard InChI is InChI=1S/C27H27FN6O3/c1-27(2,3)23-15-29-21(14-30-23)22(35)12-17-11-16(9-10-18(17)28)19-13-20(26(36)34(4)33-19)31-24-7-6-8-25(32-24)37-5/h6-11,13-15H,12H2,1-5H3,(H,31,32). The zero-order valence-electron chi connectivity index (χ0n) is 21.2. The number of methoxy groups -OCH3 is 1. The van der Waals surface area contributed by atoms with Crippen molar-refractivity contribution in [2.75, 3.05) is 12.4 Å². The molecule has 9 nitrogen and oxygen atoms in total. The molecule has 0 aliphatic rings. The van der Waals surface area contributed by atoms with Gasteiger partial charge in [0.2, 0.25) is 5.88 Å². The second-order valence-electron chi connectivity index (χ2n) is 9.51. The van der Waals surface area contributed by atoms with Crippen molar-refractivity contribution in [1.29, 1.82) is 0 Å². The van der Waals surface area contributed by atoms with Crippen molar-refractivity contribution in [3.8, 4) is 17.1 Å². The Morgan fingerprint density at radius 3 is 2.57 bits per heavy atom. The highest BCUT2D eigenvalue weighted by Gasteiger charge is 2.19. The summed E-state index contributed by atoms with van der Waals surface area (Å²) in [6.07, 6.45) is 2.79. The lowest BCUT2D eigenvalue weighted by molar-refractivity contribution is 0.0986. The summed E-state index contributed by atoms with van der Waals surface area (Å²) in [5.41, 5.74) is 1.71. The molecule has 190 valence electrons. The molecule has 0 saturated heterocycles. The minimum Gasteiger partial charge on any atom is -0.481 e. The molecule has 0 unspecified atom stereocenters. The van der Waals surface area contributed by atoms with Crippen LogP contribution in [0.1, 0.15) is 42.5 Å². The van der Waals surface area contributed by atoms with Gasteiger partial charge < -0.3 is 10.1 Å². The summed E-state index contributed by atoms with van der Waals surface area (Å²) in [6.45, 7) is 6.00. The Morgan fingerprint density at radius 2 is 1.89 bits per heavy atom. The van der Waals surface area contributed by atoms with Gasteiger partial charge in [-0.2, -0.15) is 10.1 Å². The number of carbonyl (C=O) groups excluding carboxylic acids is 1. The molecular weight excluding hydrogens is 475 g/mol. The van der Waals surface area contributed by atoms with Gasteiger partial charge in [0.25, 0.3) is 5.56 Å². The van der Waals surface area contributed by atoms with E-state index in [4.69, 9.17) is 4.74 Å². The highest BCUT2D eigenvalue weighted by atomic mass is 19.1. The summed E-state index contributed by atoms with van der Waals surface area (Å²) >= 11 is 0. The molecule has 0 fully saturated rings. The van der Waals surface area contributed by atoms with Crippen molar-refractivity contribution in [2.45, 2.75) is 32.6 Å². The smallest absolute Gasteiger partial charge is 0.290 e. The normalized spacial score (nSPS) is 11.3. The van der Waals surface area contributed by atoms with Crippen molar-refractivity contribution < 1.29 is 13.9 Å². The van der Waals surface area contributed by atoms with E-state index >= 15 is 0 Å². The molecule has 3 heterocycles. The molecule has 0 aliphatic heterocycles. The maximum absolute atomic E-state index is 14.7. The zero-order valence-corrected chi connectivity index (χ0v) is 21.2. The number of nitrogens with zero attached hydrogens (tertiary/aromatic N) is 5. The van der Waals surface area contributed by atoms with Crippen LogP contribution in [0.4, 0.5) is 15.9 Å². The van der Waals surface area contributed by atoms with Gasteiger partial charge in [0, 0.05) is 36.7 Å². The number of pyridine rings is 1. The van der Waals surface area contributed by atoms with E-state index in [1.54, 1.807) is 42.6 Å². The average molecular weight is 503 g/mol. The summed E-state index contributed by atoms with van der Waals surface area (Å²) in [5, 5.41) is 7.29. The van der Waals surface area contributed by atoms with Crippen molar-refractivity contribution in [1.82, 2.24) is 24.7 Å². The number of Topliss-reactive ketones (excluding diaryl/α,β-unsaturated/α-hetero) is 1. The number of carbonyl (C=O) groups is 1. The first-order valence-electron chi connectivity index (χ1n) is 11.6. The summed E-state index contributed by atoms with van der Waals surface area (Å²) in [7, 11) is 3.02. The molecule has 0 amide bonds. The van der Waals surface area contributed by atoms with Crippen molar-refractivity contribution in [3.63, 3.8) is 0 Å². The van der Waals surface area contributed by atoms with Crippen LogP contribution < -0.4 is 15.6 Å². The third kappa shape index (κ3) is 5.85. The lowest BCUT2D eigenvalue weighted by atomic mass is 9.92. The third-order valence-electron chi connectivity index (χ3n) is 5.66. The molecule has 3 aromatic heterocycles. The molecule has 4 aromatic rings. The Hall–Kier alpha value is -4.47. The number of aromatic nitrogens is 5. The van der Waals surface area contributed by atoms with Crippen LogP contribution in [-0.4, -0.2) is 37.6 Å². The highest BCUT2D eigenvalue weighted by molar-refractivity contribution is 5.95. The van der Waals surface area contributed by atoms with E-state index in [-0.39, 0.29) is 40.1 Å². The zero-order chi connectivity index (χ0) is 26.7. The van der Waals surface area contributed by atoms with Gasteiger partial charge >= 0.3 is 0 Å². The fourth-order valence-corrected chi connectivity index (χ4v) is 3.57. The van der Waals surface area contributed by atoms with Crippen molar-refractivity contribution in [2.24, 2.45) is 7.05 Å². The minimum atomic E-state index is -0.528. The van der Waals surface area contributed by atoms with Gasteiger partial charge in [-0.15, -0.1) is 0 Å². The van der Waals surface area contributed by atoms with Crippen LogP contribution in [-0.2, 0) is 18.9 Å². The number of rotatable bonds is 7. The lowest BCUT2D eigenvalue weighted by Crippen LogP contribution is -2.22. The largest absolute Gasteiger partial charge is 0.481 e. The van der Waals surface area contributed by atoms with Crippen LogP contribution in [0.5, 0.6) is 5.88 Å². The minimum absolute atomic E-state index is 0.162. The van der Waals surface area contributed by atoms with Gasteiger partial charge in [0.15, 0.2) is 5.78 Å². The summed E-state index contributed by atoms with van der Waals surface area (Å²) < 4.78 is 21.0. The SMILES string of the molecule is COc1cccc(Nc2cc(-c3ccc(F)c(CC(=O)c4cnc(C(C)(C)C)cn4)c3)nn(C)c2=O)n1. The first-order chi connectivity index (χ1) is 17.5. The Balaban J connectivity index is 1.62. The number of hydrogen-bond acceptors (Lipinski definition) is 8. The molecule has 0 aliphatic carbocycles. The van der Waals surface area contributed by atoms with Gasteiger partial charge in [-0.1, -0.05) is 26.8 Å². The Kier molecular flexibility index (Phi) is 7.10. The number of anilines is 2. The van der Waals surface area contributed by atoms with Gasteiger partial charge in [0.05, 0.1) is 24.7 Å². The fourth-order valence-electron chi connectivity index (χ4n) is 3.57. The molecule has 1 aromatic carbocycles. The van der Waals surface area contributed by atoms with Gasteiger partial charge in [-0.05, 0) is 35.9 Å². The summed E-state index contributed by atoms with van der Waals surface area (Å²) in [6, 6.07) is 11.0. The third-order valence-corrected chi connectivity index (χ3v) is 5.66. The Labute approximate surface area is 213 Å². The van der Waals surface area contributed by atoms with E-state index in [0.29, 0.717) is 23.0 Å². The number of nitrogens with one attached hydrogen (secondary N) is 1. The Morgan fingerprint density at radius 1 is 1.11 bits per heavy atom. The fraction of sp³-hybridized carbons (Fsp3) is 0.259. The maximum atomic E-state index is 14.7. The van der Waals surface area contributed by atoms with Crippen LogP contribution in [0.15, 0.2) is 59.7 Å². The lowest BCUT2D eigenvalue weighted by Gasteiger charge is -2.16. The summed E-state index contributed by atoms with van der Waals surface area (Å²) in [4.78, 5) is 38.3. The number of benzene rings is 1. The predicted molar refractivity (Wildman–Crippen MR) is 138 cm³/mol. The molecule has 0 radical (unpaired) electrons. The molecule has 37 heavy (non-hydrogen) atoms. The van der Waals surface area contributed by atoms with Crippen LogP contribution in [0, 0.1) is 5.82 Å². The van der Waals surface area contributed by atoms with Gasteiger partial charge in [0.1, 0.15) is 23.0 Å². The number of hydrogen-bond donors (Lipinski definition) is 1. The van der Waals surface area contributed by atoms with Crippen LogP contribution in [0.25, 0.3) is 11.3 Å². The predicted octanol–water partition coefficient (Wildman–Crippen LogP) is 4.25. The van der Waals surface area contributed by atoms with E-state index in [1.165, 1.54) is 31.1 Å². The highest BCUT2D eigenvalue weighted by Crippen LogP contribution is 2.24. The van der Waals surface area contributed by atoms with Crippen LogP contribution >= 0.6 is 0 Å². The van der Waals surface area contributed by atoms with E-state index in [0.717, 1.165) is 5.69 Å². The van der Waals surface area contributed by atoms with E-state index < -0.39 is 5.82 Å². The van der Waals surface area contributed by atoms with Crippen molar-refractivity contribution in [3.05, 3.63) is 88.0 Å². The molecule has 0 spiro atoms. The first kappa shape index (κ1) is 25.6. The molecule has 0 atom stereocenters. The molecule has 0 bridgehead atoms. The van der Waals surface area contributed by atoms with E-state index in [1.807, 2.05) is 20.8 Å². The molecule has 1 N–H and O–H groups in total. The molecule has 4 rings (SSSR count). The Bertz CT molecular complexity index is 1510. The van der Waals surface area contributed by atoms with Gasteiger partial charge in [-0.25, -0.2) is 14.1 Å². The molecule has 0 saturated carbocycles. The topological polar surface area (TPSA) is 112 Å². The van der Waals surface area contributed by atoms with E-state index in [2.05, 4.69) is 25.4 Å². The van der Waals surface area contributed by atoms with E-state index in [9.17, 15) is 14.0 Å². The number of aryl methyl sites for hydroxylation is 1. The average Bonchev–Trinajstić information content (AvgIpc) is 2.87. The second-order valence-corrected chi connectivity index (χ2v) is 9.51. The van der Waals surface area contributed by atoms with Crippen molar-refractivity contribution >= 4 is 17.3 Å². The summed E-state index contributed by atoms with van der Waals surface area (Å²) in [5.74, 6) is -0.0803. The van der Waals surface area contributed by atoms with Crippen LogP contribution in [0.2, 0.25) is 0 Å². The maximum Gasteiger partial charge on any atom is 0.290 e. The number of ketones is 1. The van der Waals surface area contributed by atoms with Crippen LogP contribution in [0.3, 0.4) is 0 Å². The van der Waals surface area contributed by atoms with Gasteiger partial charge in [-0.3, -0.25) is 14.6 Å². The molecular formula is C27H27FN6O3. The number of ether oxygens (including phenoxy) is 1.